The zero-order valence-electron chi connectivity index (χ0n) is 11.4. The van der Waals surface area contributed by atoms with Crippen molar-refractivity contribution in [2.45, 2.75) is 32.7 Å². The highest BCUT2D eigenvalue weighted by atomic mass is 127. The zero-order valence-corrected chi connectivity index (χ0v) is 14.4. The Morgan fingerprint density at radius 2 is 1.95 bits per heavy atom. The van der Waals surface area contributed by atoms with Crippen LogP contribution in [0.2, 0.25) is 0 Å². The molecule has 0 saturated carbocycles. The highest BCUT2D eigenvalue weighted by Crippen LogP contribution is 2.28. The Kier molecular flexibility index (Phi) is 8.74. The summed E-state index contributed by atoms with van der Waals surface area (Å²) in [6.45, 7) is 5.25. The number of benzene rings is 1. The van der Waals surface area contributed by atoms with Gasteiger partial charge in [0.15, 0.2) is 12.3 Å². The van der Waals surface area contributed by atoms with Gasteiger partial charge in [-0.1, -0.05) is 13.8 Å². The lowest BCUT2D eigenvalue weighted by molar-refractivity contribution is 0.322. The molecule has 3 nitrogen and oxygen atoms in total. The Labute approximate surface area is 137 Å². The maximum Gasteiger partial charge on any atom is 0.169 e. The van der Waals surface area contributed by atoms with Crippen LogP contribution in [0.5, 0.6) is 0 Å². The van der Waals surface area contributed by atoms with Crippen LogP contribution < -0.4 is 4.90 Å². The molecule has 2 rings (SSSR count). The fourth-order valence-corrected chi connectivity index (χ4v) is 2.74. The molecule has 1 aliphatic heterocycles. The van der Waals surface area contributed by atoms with Gasteiger partial charge in [0.1, 0.15) is 34.6 Å². The fourth-order valence-electron chi connectivity index (χ4n) is 2.18. The van der Waals surface area contributed by atoms with Crippen molar-refractivity contribution < 1.29 is 15.5 Å². The van der Waals surface area contributed by atoms with E-state index in [2.05, 4.69) is 0 Å². The number of halogens is 3. The van der Waals surface area contributed by atoms with Crippen molar-refractivity contribution in [3.05, 3.63) is 29.8 Å². The third-order valence-electron chi connectivity index (χ3n) is 2.89. The summed E-state index contributed by atoms with van der Waals surface area (Å²) in [4.78, 5) is 1.97. The van der Waals surface area contributed by atoms with Crippen molar-refractivity contribution in [3.8, 4) is 0 Å². The van der Waals surface area contributed by atoms with E-state index < -0.39 is 11.6 Å². The number of rotatable bonds is 5. The summed E-state index contributed by atoms with van der Waals surface area (Å²) in [5, 5.41) is 0. The highest BCUT2D eigenvalue weighted by molar-refractivity contribution is 14.1. The second-order valence-electron chi connectivity index (χ2n) is 4.03. The molecule has 0 spiro atoms. The largest absolute Gasteiger partial charge is 0.366 e. The van der Waals surface area contributed by atoms with Crippen LogP contribution in [-0.4, -0.2) is 19.2 Å². The lowest BCUT2D eigenvalue weighted by atomic mass is 10.2. The number of hydrogen-bond donors (Lipinski definition) is 0. The summed E-state index contributed by atoms with van der Waals surface area (Å²) in [6, 6.07) is 3.71. The summed E-state index contributed by atoms with van der Waals surface area (Å²) in [6.07, 6.45) is 1.93. The number of hydrogen-bond acceptors (Lipinski definition) is 4. The van der Waals surface area contributed by atoms with E-state index in [1.807, 2.05) is 18.7 Å². The minimum absolute atomic E-state index is 0.130. The maximum atomic E-state index is 13.2. The zero-order chi connectivity index (χ0) is 15.0. The van der Waals surface area contributed by atoms with E-state index in [1.165, 1.54) is 12.1 Å². The fraction of sp³-hybridized carbons (Fsp3) is 0.538. The van der Waals surface area contributed by atoms with Gasteiger partial charge in [-0.05, 0) is 25.0 Å². The van der Waals surface area contributed by atoms with Crippen molar-refractivity contribution >= 4 is 41.0 Å². The van der Waals surface area contributed by atoms with Gasteiger partial charge in [0, 0.05) is 18.3 Å². The van der Waals surface area contributed by atoms with Gasteiger partial charge in [-0.15, -0.1) is 0 Å². The molecule has 0 bridgehead atoms. The number of anilines is 1. The smallest absolute Gasteiger partial charge is 0.169 e. The third-order valence-corrected chi connectivity index (χ3v) is 3.61. The van der Waals surface area contributed by atoms with E-state index in [4.69, 9.17) is 6.70 Å². The van der Waals surface area contributed by atoms with Gasteiger partial charge in [0.05, 0.1) is 12.6 Å². The van der Waals surface area contributed by atoms with Gasteiger partial charge in [-0.3, -0.25) is 4.18 Å². The topological polar surface area (TPSA) is 21.7 Å². The van der Waals surface area contributed by atoms with Crippen LogP contribution in [0.15, 0.2) is 18.2 Å². The van der Waals surface area contributed by atoms with Crippen LogP contribution in [-0.2, 0) is 6.70 Å². The highest BCUT2D eigenvalue weighted by Gasteiger charge is 2.25. The van der Waals surface area contributed by atoms with E-state index >= 15 is 0 Å². The first-order chi connectivity index (χ1) is 9.70. The van der Waals surface area contributed by atoms with Crippen LogP contribution >= 0.6 is 35.3 Å². The minimum atomic E-state index is -0.554. The van der Waals surface area contributed by atoms with Gasteiger partial charge in [-0.2, -0.15) is 0 Å². The van der Waals surface area contributed by atoms with Crippen molar-refractivity contribution in [2.24, 2.45) is 0 Å². The van der Waals surface area contributed by atoms with Gasteiger partial charge in [0.2, 0.25) is 0 Å². The van der Waals surface area contributed by atoms with Crippen molar-refractivity contribution in [3.63, 3.8) is 0 Å². The Balaban J connectivity index is 0.000000956. The maximum absolute atomic E-state index is 13.2. The summed E-state index contributed by atoms with van der Waals surface area (Å²) in [7, 11) is 0. The first-order valence-corrected chi connectivity index (χ1v) is 8.05. The first-order valence-electron chi connectivity index (χ1n) is 6.50. The van der Waals surface area contributed by atoms with E-state index in [9.17, 15) is 8.78 Å². The number of nitrogens with zero attached hydrogens (tertiary/aromatic N) is 1. The molecule has 0 N–H and O–H groups in total. The molecule has 1 aliphatic rings. The van der Waals surface area contributed by atoms with Crippen LogP contribution in [0.25, 0.3) is 0 Å². The van der Waals surface area contributed by atoms with Gasteiger partial charge in [0.25, 0.3) is 0 Å². The SMILES string of the molecule is CC.Fc1cc(F)cc(N2CCCC2COSOI)c1. The Morgan fingerprint density at radius 1 is 1.30 bits per heavy atom. The molecule has 0 radical (unpaired) electrons. The van der Waals surface area contributed by atoms with Gasteiger partial charge < -0.3 is 4.90 Å². The first kappa shape index (κ1) is 17.9. The molecule has 1 aromatic carbocycles. The average molecular weight is 417 g/mol. The second-order valence-corrected chi connectivity index (χ2v) is 5.61. The van der Waals surface area contributed by atoms with Gasteiger partial charge >= 0.3 is 0 Å². The Hall–Kier alpha value is -0.120. The van der Waals surface area contributed by atoms with Crippen molar-refractivity contribution in [2.75, 3.05) is 18.1 Å². The van der Waals surface area contributed by atoms with Crippen LogP contribution in [0.3, 0.4) is 0 Å². The van der Waals surface area contributed by atoms with Crippen LogP contribution in [0.4, 0.5) is 14.5 Å². The lowest BCUT2D eigenvalue weighted by Crippen LogP contribution is -2.32. The molecule has 1 saturated heterocycles. The Morgan fingerprint density at radius 3 is 2.55 bits per heavy atom. The van der Waals surface area contributed by atoms with Crippen molar-refractivity contribution in [1.82, 2.24) is 0 Å². The summed E-state index contributed by atoms with van der Waals surface area (Å²) in [5.74, 6) is -1.11. The molecule has 20 heavy (non-hydrogen) atoms. The molecule has 1 heterocycles. The molecule has 0 amide bonds. The average Bonchev–Trinajstić information content (AvgIpc) is 2.89. The summed E-state index contributed by atoms with van der Waals surface area (Å²) < 4.78 is 36.3. The molecule has 1 fully saturated rings. The quantitative estimate of drug-likeness (QED) is 0.386. The predicted molar refractivity (Wildman–Crippen MR) is 86.7 cm³/mol. The summed E-state index contributed by atoms with van der Waals surface area (Å²) in [5.41, 5.74) is 0.569. The molecule has 0 aliphatic carbocycles. The lowest BCUT2D eigenvalue weighted by Gasteiger charge is -2.26. The Bertz CT molecular complexity index is 392. The predicted octanol–water partition coefficient (Wildman–Crippen LogP) is 4.91. The van der Waals surface area contributed by atoms with E-state index in [0.29, 0.717) is 12.3 Å². The molecule has 0 aromatic heterocycles. The van der Waals surface area contributed by atoms with Gasteiger partial charge in [-0.25, -0.2) is 11.3 Å². The summed E-state index contributed by atoms with van der Waals surface area (Å²) >= 11 is 2.63. The normalized spacial score (nSPS) is 17.9. The standard InChI is InChI=1S/C11H12F2INO2S.C2H6/c12-8-4-9(13)6-11(5-8)15-3-1-2-10(15)7-16-18-17-14;1-2/h4-6,10H,1-3,7H2;1-2H3. The van der Waals surface area contributed by atoms with Crippen molar-refractivity contribution in [1.29, 1.82) is 0 Å². The van der Waals surface area contributed by atoms with E-state index in [0.717, 1.165) is 37.8 Å². The monoisotopic (exact) mass is 417 g/mol. The molecule has 1 atom stereocenters. The molecule has 114 valence electrons. The van der Waals surface area contributed by atoms with E-state index in [1.54, 1.807) is 23.0 Å². The molecule has 1 unspecified atom stereocenters. The van der Waals surface area contributed by atoms with Crippen LogP contribution in [0, 0.1) is 11.6 Å². The molecule has 1 aromatic rings. The molecule has 7 heteroatoms. The second kappa shape index (κ2) is 9.75. The van der Waals surface area contributed by atoms with Crippen LogP contribution in [0.1, 0.15) is 26.7 Å². The third kappa shape index (κ3) is 5.34. The molecular weight excluding hydrogens is 399 g/mol. The molecular formula is C13H18F2INO2S. The minimum Gasteiger partial charge on any atom is -0.366 e. The van der Waals surface area contributed by atoms with E-state index in [-0.39, 0.29) is 6.04 Å².